The highest BCUT2D eigenvalue weighted by Gasteiger charge is 2.21. The second-order valence-corrected chi connectivity index (χ2v) is 8.90. The summed E-state index contributed by atoms with van der Waals surface area (Å²) in [6.07, 6.45) is 1.54. The van der Waals surface area contributed by atoms with Gasteiger partial charge in [0.05, 0.1) is 18.4 Å². The van der Waals surface area contributed by atoms with Crippen LogP contribution in [0.1, 0.15) is 43.6 Å². The van der Waals surface area contributed by atoms with Crippen molar-refractivity contribution in [1.29, 1.82) is 0 Å². The van der Waals surface area contributed by atoms with E-state index < -0.39 is 0 Å². The molecule has 0 unspecified atom stereocenters. The van der Waals surface area contributed by atoms with Gasteiger partial charge in [-0.05, 0) is 66.4 Å². The standard InChI is InChI=1S/C25H24ClN3O4/c1-5-31-20-9-8-17(26)14-19(20)22(30)27-18-12-15(11-16(13-18)25(2,3)4)23-28-29-24(33-23)21-7-6-10-32-21/h6-14H,5H2,1-4H3,(H,27,30). The van der Waals surface area contributed by atoms with E-state index in [-0.39, 0.29) is 17.2 Å². The van der Waals surface area contributed by atoms with Gasteiger partial charge >= 0.3 is 0 Å². The van der Waals surface area contributed by atoms with E-state index in [1.54, 1.807) is 42.7 Å². The summed E-state index contributed by atoms with van der Waals surface area (Å²) in [5.74, 6) is 1.22. The number of anilines is 1. The van der Waals surface area contributed by atoms with Crippen LogP contribution >= 0.6 is 11.6 Å². The van der Waals surface area contributed by atoms with Crippen molar-refractivity contribution in [2.45, 2.75) is 33.1 Å². The SMILES string of the molecule is CCOc1ccc(Cl)cc1C(=O)Nc1cc(-c2nnc(-c3ccco3)o2)cc(C(C)(C)C)c1. The lowest BCUT2D eigenvalue weighted by Crippen LogP contribution is -2.16. The van der Waals surface area contributed by atoms with E-state index in [4.69, 9.17) is 25.2 Å². The number of hydrogen-bond acceptors (Lipinski definition) is 6. The van der Waals surface area contributed by atoms with Crippen LogP contribution in [-0.4, -0.2) is 22.7 Å². The Bertz CT molecular complexity index is 1270. The Kier molecular flexibility index (Phi) is 6.24. The van der Waals surface area contributed by atoms with Crippen LogP contribution in [0.25, 0.3) is 23.1 Å². The Morgan fingerprint density at radius 1 is 1.09 bits per heavy atom. The first-order chi connectivity index (χ1) is 15.7. The third-order valence-corrected chi connectivity index (χ3v) is 5.18. The second kappa shape index (κ2) is 9.11. The molecule has 2 aromatic carbocycles. The fraction of sp³-hybridized carbons (Fsp3) is 0.240. The van der Waals surface area contributed by atoms with Gasteiger partial charge in [-0.2, -0.15) is 0 Å². The maximum Gasteiger partial charge on any atom is 0.283 e. The van der Waals surface area contributed by atoms with Crippen molar-refractivity contribution >= 4 is 23.2 Å². The van der Waals surface area contributed by atoms with Crippen LogP contribution < -0.4 is 10.1 Å². The smallest absolute Gasteiger partial charge is 0.283 e. The highest BCUT2D eigenvalue weighted by molar-refractivity contribution is 6.31. The third kappa shape index (κ3) is 5.09. The molecule has 0 fully saturated rings. The Morgan fingerprint density at radius 3 is 2.58 bits per heavy atom. The Balaban J connectivity index is 1.71. The minimum Gasteiger partial charge on any atom is -0.493 e. The molecule has 0 saturated carbocycles. The lowest BCUT2D eigenvalue weighted by Gasteiger charge is -2.21. The zero-order valence-electron chi connectivity index (χ0n) is 18.8. The molecular weight excluding hydrogens is 442 g/mol. The van der Waals surface area contributed by atoms with Gasteiger partial charge in [-0.15, -0.1) is 10.2 Å². The lowest BCUT2D eigenvalue weighted by molar-refractivity contribution is 0.102. The zero-order chi connectivity index (χ0) is 23.6. The molecule has 7 nitrogen and oxygen atoms in total. The molecule has 0 radical (unpaired) electrons. The summed E-state index contributed by atoms with van der Waals surface area (Å²) in [5.41, 5.74) is 2.42. The number of nitrogens with one attached hydrogen (secondary N) is 1. The largest absolute Gasteiger partial charge is 0.493 e. The Labute approximate surface area is 196 Å². The monoisotopic (exact) mass is 465 g/mol. The van der Waals surface area contributed by atoms with Gasteiger partial charge in [-0.3, -0.25) is 4.79 Å². The molecule has 0 saturated heterocycles. The van der Waals surface area contributed by atoms with E-state index in [9.17, 15) is 4.79 Å². The first-order valence-electron chi connectivity index (χ1n) is 10.5. The topological polar surface area (TPSA) is 90.4 Å². The van der Waals surface area contributed by atoms with Gasteiger partial charge < -0.3 is 18.9 Å². The van der Waals surface area contributed by atoms with Crippen LogP contribution in [0, 0.1) is 0 Å². The van der Waals surface area contributed by atoms with Gasteiger partial charge in [-0.25, -0.2) is 0 Å². The predicted octanol–water partition coefficient (Wildman–Crippen LogP) is 6.60. The minimum atomic E-state index is -0.334. The number of furan rings is 1. The van der Waals surface area contributed by atoms with E-state index in [2.05, 4.69) is 36.3 Å². The Morgan fingerprint density at radius 2 is 1.88 bits per heavy atom. The number of ether oxygens (including phenoxy) is 1. The molecule has 1 amide bonds. The Hall–Kier alpha value is -3.58. The molecule has 0 spiro atoms. The van der Waals surface area contributed by atoms with E-state index in [0.717, 1.165) is 5.56 Å². The van der Waals surface area contributed by atoms with Gasteiger partial charge in [0.2, 0.25) is 5.89 Å². The molecule has 0 aliphatic carbocycles. The van der Waals surface area contributed by atoms with Crippen molar-refractivity contribution in [3.8, 4) is 28.9 Å². The highest BCUT2D eigenvalue weighted by Crippen LogP contribution is 2.33. The quantitative estimate of drug-likeness (QED) is 0.345. The van der Waals surface area contributed by atoms with Gasteiger partial charge in [0.15, 0.2) is 5.76 Å². The zero-order valence-corrected chi connectivity index (χ0v) is 19.6. The van der Waals surface area contributed by atoms with Crippen molar-refractivity contribution < 1.29 is 18.4 Å². The maximum atomic E-state index is 13.1. The van der Waals surface area contributed by atoms with Gasteiger partial charge in [-0.1, -0.05) is 32.4 Å². The van der Waals surface area contributed by atoms with Gasteiger partial charge in [0.1, 0.15) is 5.75 Å². The molecular formula is C25H24ClN3O4. The van der Waals surface area contributed by atoms with Crippen molar-refractivity contribution in [2.24, 2.45) is 0 Å². The summed E-state index contributed by atoms with van der Waals surface area (Å²) < 4.78 is 16.8. The molecule has 4 aromatic rings. The normalized spacial score (nSPS) is 11.4. The van der Waals surface area contributed by atoms with Crippen LogP contribution in [-0.2, 0) is 5.41 Å². The molecule has 33 heavy (non-hydrogen) atoms. The summed E-state index contributed by atoms with van der Waals surface area (Å²) in [5, 5.41) is 11.6. The number of benzene rings is 2. The summed E-state index contributed by atoms with van der Waals surface area (Å²) in [7, 11) is 0. The average Bonchev–Trinajstić information content (AvgIpc) is 3.46. The van der Waals surface area contributed by atoms with Crippen LogP contribution in [0.5, 0.6) is 5.75 Å². The van der Waals surface area contributed by atoms with Crippen LogP contribution in [0.4, 0.5) is 5.69 Å². The van der Waals surface area contributed by atoms with Gasteiger partial charge in [0, 0.05) is 16.3 Å². The maximum absolute atomic E-state index is 13.1. The molecule has 0 bridgehead atoms. The average molecular weight is 466 g/mol. The number of halogens is 1. The molecule has 4 rings (SSSR count). The molecule has 0 atom stereocenters. The van der Waals surface area contributed by atoms with Crippen LogP contribution in [0.3, 0.4) is 0 Å². The van der Waals surface area contributed by atoms with Crippen LogP contribution in [0.2, 0.25) is 5.02 Å². The summed E-state index contributed by atoms with van der Waals surface area (Å²) in [6, 6.07) is 14.1. The predicted molar refractivity (Wildman–Crippen MR) is 127 cm³/mol. The fourth-order valence-electron chi connectivity index (χ4n) is 3.26. The second-order valence-electron chi connectivity index (χ2n) is 8.47. The number of rotatable bonds is 6. The number of amides is 1. The minimum absolute atomic E-state index is 0.189. The van der Waals surface area contributed by atoms with E-state index in [1.165, 1.54) is 0 Å². The van der Waals surface area contributed by atoms with Gasteiger partial charge in [0.25, 0.3) is 11.8 Å². The lowest BCUT2D eigenvalue weighted by atomic mass is 9.85. The third-order valence-electron chi connectivity index (χ3n) is 4.95. The number of aromatic nitrogens is 2. The van der Waals surface area contributed by atoms with Crippen LogP contribution in [0.15, 0.2) is 63.6 Å². The van der Waals surface area contributed by atoms with E-state index >= 15 is 0 Å². The van der Waals surface area contributed by atoms with Crippen molar-refractivity contribution in [1.82, 2.24) is 10.2 Å². The summed E-state index contributed by atoms with van der Waals surface area (Å²) in [6.45, 7) is 8.55. The van der Waals surface area contributed by atoms with Crippen molar-refractivity contribution in [2.75, 3.05) is 11.9 Å². The molecule has 1 N–H and O–H groups in total. The number of carbonyl (C=O) groups excluding carboxylic acids is 1. The van der Waals surface area contributed by atoms with E-state index in [1.807, 2.05) is 19.1 Å². The fourth-order valence-corrected chi connectivity index (χ4v) is 3.43. The highest BCUT2D eigenvalue weighted by atomic mass is 35.5. The molecule has 2 aromatic heterocycles. The summed E-state index contributed by atoms with van der Waals surface area (Å²) in [4.78, 5) is 13.1. The van der Waals surface area contributed by atoms with Crippen molar-refractivity contribution in [3.63, 3.8) is 0 Å². The van der Waals surface area contributed by atoms with Crippen molar-refractivity contribution in [3.05, 3.63) is 70.9 Å². The first kappa shape index (κ1) is 22.6. The molecule has 170 valence electrons. The first-order valence-corrected chi connectivity index (χ1v) is 10.9. The summed E-state index contributed by atoms with van der Waals surface area (Å²) >= 11 is 6.13. The number of carbonyl (C=O) groups is 1. The molecule has 0 aliphatic rings. The van der Waals surface area contributed by atoms with E-state index in [0.29, 0.717) is 45.8 Å². The number of hydrogen-bond donors (Lipinski definition) is 1. The molecule has 8 heteroatoms. The molecule has 2 heterocycles. The number of nitrogens with zero attached hydrogens (tertiary/aromatic N) is 2. The molecule has 0 aliphatic heterocycles.